The number of rotatable bonds is 5. The lowest BCUT2D eigenvalue weighted by Gasteiger charge is -2.10. The van der Waals surface area contributed by atoms with E-state index < -0.39 is 23.8 Å². The van der Waals surface area contributed by atoms with E-state index in [1.807, 2.05) is 0 Å². The number of hydrogen-bond acceptors (Lipinski definition) is 5. The summed E-state index contributed by atoms with van der Waals surface area (Å²) in [6.07, 6.45) is -0.230. The highest BCUT2D eigenvalue weighted by Gasteiger charge is 2.16. The Hall–Kier alpha value is -2.41. The summed E-state index contributed by atoms with van der Waals surface area (Å²) in [6.45, 7) is 0. The van der Waals surface area contributed by atoms with Crippen molar-refractivity contribution in [2.45, 2.75) is 12.5 Å². The maximum atomic E-state index is 11.6. The maximum absolute atomic E-state index is 11.6. The molecule has 0 bridgehead atoms. The number of benzene rings is 1. The highest BCUT2D eigenvalue weighted by Crippen LogP contribution is 2.10. The summed E-state index contributed by atoms with van der Waals surface area (Å²) in [6, 6.07) is 5.06. The van der Waals surface area contributed by atoms with Gasteiger partial charge in [0.1, 0.15) is 0 Å². The van der Waals surface area contributed by atoms with Crippen LogP contribution in [0.1, 0.15) is 16.8 Å². The monoisotopic (exact) mass is 265 g/mol. The van der Waals surface area contributed by atoms with Crippen molar-refractivity contribution < 1.29 is 19.1 Å². The van der Waals surface area contributed by atoms with E-state index in [2.05, 4.69) is 10.1 Å². The molecule has 1 unspecified atom stereocenters. The molecular weight excluding hydrogens is 250 g/mol. The molecule has 0 saturated heterocycles. The molecule has 1 atom stereocenters. The Bertz CT molecular complexity index is 484. The number of nitrogens with two attached hydrogens (primary N) is 2. The average molecular weight is 265 g/mol. The first kappa shape index (κ1) is 14.7. The quantitative estimate of drug-likeness (QED) is 0.625. The van der Waals surface area contributed by atoms with Gasteiger partial charge in [0.2, 0.25) is 11.8 Å². The standard InChI is InChI=1S/C12H15N3O4/c1-19-12(18)7-2-4-8(5-3-7)15-11(17)9(13)6-10(14)16/h2-5,9H,6,13H2,1H3,(H2,14,16)(H,15,17). The van der Waals surface area contributed by atoms with E-state index in [-0.39, 0.29) is 6.42 Å². The molecule has 0 saturated carbocycles. The van der Waals surface area contributed by atoms with Crippen LogP contribution in [-0.4, -0.2) is 30.9 Å². The van der Waals surface area contributed by atoms with Crippen molar-refractivity contribution >= 4 is 23.5 Å². The van der Waals surface area contributed by atoms with E-state index >= 15 is 0 Å². The van der Waals surface area contributed by atoms with Crippen LogP contribution in [-0.2, 0) is 14.3 Å². The first-order valence-corrected chi connectivity index (χ1v) is 5.47. The summed E-state index contributed by atoms with van der Waals surface area (Å²) in [5.41, 5.74) is 11.2. The van der Waals surface area contributed by atoms with Gasteiger partial charge in [-0.15, -0.1) is 0 Å². The fourth-order valence-corrected chi connectivity index (χ4v) is 1.35. The molecule has 0 spiro atoms. The van der Waals surface area contributed by atoms with Crippen molar-refractivity contribution in [3.8, 4) is 0 Å². The van der Waals surface area contributed by atoms with E-state index in [0.29, 0.717) is 11.3 Å². The molecular formula is C12H15N3O4. The van der Waals surface area contributed by atoms with Crippen molar-refractivity contribution in [1.82, 2.24) is 0 Å². The molecule has 0 radical (unpaired) electrons. The van der Waals surface area contributed by atoms with E-state index in [4.69, 9.17) is 11.5 Å². The summed E-state index contributed by atoms with van der Waals surface area (Å²) in [5, 5.41) is 2.51. The zero-order valence-electron chi connectivity index (χ0n) is 10.4. The molecule has 0 heterocycles. The van der Waals surface area contributed by atoms with Gasteiger partial charge in [0, 0.05) is 5.69 Å². The lowest BCUT2D eigenvalue weighted by molar-refractivity contribution is -0.123. The van der Waals surface area contributed by atoms with Crippen LogP contribution in [0.4, 0.5) is 5.69 Å². The Balaban J connectivity index is 2.65. The second-order valence-electron chi connectivity index (χ2n) is 3.84. The zero-order valence-corrected chi connectivity index (χ0v) is 10.4. The van der Waals surface area contributed by atoms with Gasteiger partial charge in [-0.05, 0) is 24.3 Å². The lowest BCUT2D eigenvalue weighted by atomic mass is 10.1. The molecule has 1 rings (SSSR count). The van der Waals surface area contributed by atoms with E-state index in [9.17, 15) is 14.4 Å². The highest BCUT2D eigenvalue weighted by atomic mass is 16.5. The van der Waals surface area contributed by atoms with Gasteiger partial charge in [-0.25, -0.2) is 4.79 Å². The fraction of sp³-hybridized carbons (Fsp3) is 0.250. The molecule has 5 N–H and O–H groups in total. The predicted molar refractivity (Wildman–Crippen MR) is 68.2 cm³/mol. The Labute approximate surface area is 109 Å². The summed E-state index contributed by atoms with van der Waals surface area (Å²) >= 11 is 0. The largest absolute Gasteiger partial charge is 0.465 e. The molecule has 7 heteroatoms. The van der Waals surface area contributed by atoms with Gasteiger partial charge in [-0.1, -0.05) is 0 Å². The van der Waals surface area contributed by atoms with Crippen LogP contribution in [0.3, 0.4) is 0 Å². The topological polar surface area (TPSA) is 125 Å². The minimum atomic E-state index is -1.00. The lowest BCUT2D eigenvalue weighted by Crippen LogP contribution is -2.38. The van der Waals surface area contributed by atoms with Crippen molar-refractivity contribution in [2.24, 2.45) is 11.5 Å². The predicted octanol–water partition coefficient (Wildman–Crippen LogP) is -0.386. The molecule has 102 valence electrons. The maximum Gasteiger partial charge on any atom is 0.337 e. The van der Waals surface area contributed by atoms with Crippen LogP contribution in [0, 0.1) is 0 Å². The molecule has 0 aliphatic carbocycles. The van der Waals surface area contributed by atoms with Gasteiger partial charge >= 0.3 is 5.97 Å². The first-order valence-electron chi connectivity index (χ1n) is 5.47. The van der Waals surface area contributed by atoms with Gasteiger partial charge < -0.3 is 21.5 Å². The first-order chi connectivity index (χ1) is 8.93. The van der Waals surface area contributed by atoms with Gasteiger partial charge in [0.25, 0.3) is 0 Å². The number of carbonyl (C=O) groups excluding carboxylic acids is 3. The van der Waals surface area contributed by atoms with Crippen LogP contribution in [0.5, 0.6) is 0 Å². The number of amides is 2. The number of methoxy groups -OCH3 is 1. The van der Waals surface area contributed by atoms with Gasteiger partial charge in [-0.2, -0.15) is 0 Å². The number of hydrogen-bond donors (Lipinski definition) is 3. The SMILES string of the molecule is COC(=O)c1ccc(NC(=O)C(N)CC(N)=O)cc1. The Morgan fingerprint density at radius 1 is 1.26 bits per heavy atom. The third kappa shape index (κ3) is 4.40. The van der Waals surface area contributed by atoms with E-state index in [0.717, 1.165) is 0 Å². The molecule has 1 aromatic carbocycles. The number of anilines is 1. The number of carbonyl (C=O) groups is 3. The third-order valence-electron chi connectivity index (χ3n) is 2.33. The van der Waals surface area contributed by atoms with E-state index in [1.54, 1.807) is 0 Å². The molecule has 0 aliphatic heterocycles. The molecule has 19 heavy (non-hydrogen) atoms. The second-order valence-corrected chi connectivity index (χ2v) is 3.84. The van der Waals surface area contributed by atoms with Crippen LogP contribution >= 0.6 is 0 Å². The summed E-state index contributed by atoms with van der Waals surface area (Å²) in [7, 11) is 1.28. The Morgan fingerprint density at radius 3 is 2.32 bits per heavy atom. The van der Waals surface area contributed by atoms with Crippen molar-refractivity contribution in [3.63, 3.8) is 0 Å². The summed E-state index contributed by atoms with van der Waals surface area (Å²) < 4.78 is 4.54. The van der Waals surface area contributed by atoms with Crippen molar-refractivity contribution in [1.29, 1.82) is 0 Å². The molecule has 0 aromatic heterocycles. The van der Waals surface area contributed by atoms with Gasteiger partial charge in [0.15, 0.2) is 0 Å². The average Bonchev–Trinajstić information content (AvgIpc) is 2.37. The Morgan fingerprint density at radius 2 is 1.84 bits per heavy atom. The minimum absolute atomic E-state index is 0.230. The van der Waals surface area contributed by atoms with Crippen LogP contribution in [0.15, 0.2) is 24.3 Å². The van der Waals surface area contributed by atoms with Crippen LogP contribution in [0.2, 0.25) is 0 Å². The van der Waals surface area contributed by atoms with Gasteiger partial charge in [0.05, 0.1) is 25.1 Å². The highest BCUT2D eigenvalue weighted by molar-refractivity contribution is 5.97. The molecule has 2 amide bonds. The van der Waals surface area contributed by atoms with Crippen molar-refractivity contribution in [2.75, 3.05) is 12.4 Å². The molecule has 7 nitrogen and oxygen atoms in total. The number of nitrogens with one attached hydrogen (secondary N) is 1. The number of ether oxygens (including phenoxy) is 1. The van der Waals surface area contributed by atoms with Crippen LogP contribution < -0.4 is 16.8 Å². The van der Waals surface area contributed by atoms with E-state index in [1.165, 1.54) is 31.4 Å². The van der Waals surface area contributed by atoms with Gasteiger partial charge in [-0.3, -0.25) is 9.59 Å². The summed E-state index contributed by atoms with van der Waals surface area (Å²) in [5.74, 6) is -1.64. The second kappa shape index (κ2) is 6.50. The van der Waals surface area contributed by atoms with Crippen LogP contribution in [0.25, 0.3) is 0 Å². The van der Waals surface area contributed by atoms with Crippen molar-refractivity contribution in [3.05, 3.63) is 29.8 Å². The normalized spacial score (nSPS) is 11.5. The third-order valence-corrected chi connectivity index (χ3v) is 2.33. The molecule has 0 aliphatic rings. The zero-order chi connectivity index (χ0) is 14.4. The molecule has 0 fully saturated rings. The summed E-state index contributed by atoms with van der Waals surface area (Å²) in [4.78, 5) is 33.4. The number of primary amides is 1. The smallest absolute Gasteiger partial charge is 0.337 e. The minimum Gasteiger partial charge on any atom is -0.465 e. The fourth-order valence-electron chi connectivity index (χ4n) is 1.35. The number of esters is 1. The Kier molecular flexibility index (Phi) is 5.01. The molecule has 1 aromatic rings.